The molecule has 0 radical (unpaired) electrons. The number of piperidine rings is 1. The smallest absolute Gasteiger partial charge is 0.310 e. The zero-order chi connectivity index (χ0) is 8.48. The van der Waals surface area contributed by atoms with Crippen LogP contribution in [-0.2, 0) is 4.79 Å². The largest absolute Gasteiger partial charge is 0.481 e. The van der Waals surface area contributed by atoms with E-state index in [2.05, 4.69) is 12.2 Å². The topological polar surface area (TPSA) is 49.3 Å². The summed E-state index contributed by atoms with van der Waals surface area (Å²) in [6.07, 6.45) is 0.787. The summed E-state index contributed by atoms with van der Waals surface area (Å²) in [6, 6.07) is 0. The minimum atomic E-state index is -0.684. The van der Waals surface area contributed by atoms with E-state index in [1.165, 1.54) is 0 Å². The maximum Gasteiger partial charge on any atom is 0.310 e. The molecule has 1 saturated heterocycles. The SMILES string of the molecule is CC1CNCC(C)(C(=O)O)C1. The lowest BCUT2D eigenvalue weighted by molar-refractivity contribution is -0.149. The molecule has 0 saturated carbocycles. The monoisotopic (exact) mass is 157 g/mol. The molecule has 2 atom stereocenters. The van der Waals surface area contributed by atoms with Crippen LogP contribution in [0.15, 0.2) is 0 Å². The summed E-state index contributed by atoms with van der Waals surface area (Å²) in [4.78, 5) is 10.8. The highest BCUT2D eigenvalue weighted by Crippen LogP contribution is 2.28. The lowest BCUT2D eigenvalue weighted by atomic mass is 9.79. The molecule has 2 unspecified atom stereocenters. The summed E-state index contributed by atoms with van der Waals surface area (Å²) in [5.74, 6) is -0.207. The molecular weight excluding hydrogens is 142 g/mol. The maximum absolute atomic E-state index is 10.8. The molecular formula is C8H15NO2. The van der Waals surface area contributed by atoms with Gasteiger partial charge in [-0.3, -0.25) is 4.79 Å². The molecule has 3 heteroatoms. The van der Waals surface area contributed by atoms with Crippen molar-refractivity contribution in [3.63, 3.8) is 0 Å². The fourth-order valence-corrected chi connectivity index (χ4v) is 1.67. The van der Waals surface area contributed by atoms with E-state index in [-0.39, 0.29) is 0 Å². The molecule has 1 fully saturated rings. The Labute approximate surface area is 66.8 Å². The fraction of sp³-hybridized carbons (Fsp3) is 0.875. The van der Waals surface area contributed by atoms with Gasteiger partial charge in [0.25, 0.3) is 0 Å². The van der Waals surface area contributed by atoms with Gasteiger partial charge in [0.15, 0.2) is 0 Å². The Kier molecular flexibility index (Phi) is 2.18. The average Bonchev–Trinajstić information content (AvgIpc) is 1.86. The lowest BCUT2D eigenvalue weighted by Gasteiger charge is -2.33. The average molecular weight is 157 g/mol. The Morgan fingerprint density at radius 1 is 1.73 bits per heavy atom. The first kappa shape index (κ1) is 8.53. The van der Waals surface area contributed by atoms with Crippen molar-refractivity contribution < 1.29 is 9.90 Å². The minimum absolute atomic E-state index is 0.477. The van der Waals surface area contributed by atoms with Gasteiger partial charge in [-0.25, -0.2) is 0 Å². The van der Waals surface area contributed by atoms with Crippen molar-refractivity contribution in [3.05, 3.63) is 0 Å². The number of aliphatic carboxylic acids is 1. The van der Waals surface area contributed by atoms with Gasteiger partial charge in [0.1, 0.15) is 0 Å². The molecule has 0 amide bonds. The molecule has 0 aromatic heterocycles. The number of carbonyl (C=O) groups is 1. The molecule has 0 aliphatic carbocycles. The Bertz CT molecular complexity index is 169. The molecule has 3 nitrogen and oxygen atoms in total. The normalized spacial score (nSPS) is 38.5. The van der Waals surface area contributed by atoms with Gasteiger partial charge in [0, 0.05) is 6.54 Å². The number of carboxylic acid groups (broad SMARTS) is 1. The van der Waals surface area contributed by atoms with Crippen LogP contribution in [0.25, 0.3) is 0 Å². The van der Waals surface area contributed by atoms with Gasteiger partial charge in [0.2, 0.25) is 0 Å². The Morgan fingerprint density at radius 3 is 2.73 bits per heavy atom. The van der Waals surface area contributed by atoms with Crippen molar-refractivity contribution in [2.45, 2.75) is 20.3 Å². The second-order valence-corrected chi connectivity index (χ2v) is 3.81. The van der Waals surface area contributed by atoms with E-state index < -0.39 is 11.4 Å². The third-order valence-electron chi connectivity index (χ3n) is 2.32. The molecule has 1 heterocycles. The van der Waals surface area contributed by atoms with E-state index in [4.69, 9.17) is 5.11 Å². The van der Waals surface area contributed by atoms with Crippen LogP contribution in [0.1, 0.15) is 20.3 Å². The summed E-state index contributed by atoms with van der Waals surface area (Å²) in [5.41, 5.74) is -0.544. The zero-order valence-electron chi connectivity index (χ0n) is 7.05. The molecule has 64 valence electrons. The van der Waals surface area contributed by atoms with Gasteiger partial charge in [-0.05, 0) is 25.8 Å². The predicted octanol–water partition coefficient (Wildman–Crippen LogP) is 0.707. The summed E-state index contributed by atoms with van der Waals surface area (Å²) in [6.45, 7) is 5.43. The second-order valence-electron chi connectivity index (χ2n) is 3.81. The van der Waals surface area contributed by atoms with Crippen LogP contribution in [0.5, 0.6) is 0 Å². The van der Waals surface area contributed by atoms with Crippen LogP contribution in [0.2, 0.25) is 0 Å². The Hall–Kier alpha value is -0.570. The predicted molar refractivity (Wildman–Crippen MR) is 42.4 cm³/mol. The molecule has 11 heavy (non-hydrogen) atoms. The van der Waals surface area contributed by atoms with E-state index in [0.29, 0.717) is 12.5 Å². The molecule has 1 rings (SSSR count). The van der Waals surface area contributed by atoms with Crippen LogP contribution in [0.4, 0.5) is 0 Å². The van der Waals surface area contributed by atoms with Crippen LogP contribution >= 0.6 is 0 Å². The van der Waals surface area contributed by atoms with E-state index in [9.17, 15) is 4.79 Å². The molecule has 1 aliphatic rings. The van der Waals surface area contributed by atoms with Crippen LogP contribution in [0.3, 0.4) is 0 Å². The number of nitrogens with one attached hydrogen (secondary N) is 1. The van der Waals surface area contributed by atoms with Crippen molar-refractivity contribution in [3.8, 4) is 0 Å². The van der Waals surface area contributed by atoms with Crippen LogP contribution in [-0.4, -0.2) is 24.2 Å². The summed E-state index contributed by atoms with van der Waals surface area (Å²) >= 11 is 0. The van der Waals surface area contributed by atoms with Gasteiger partial charge < -0.3 is 10.4 Å². The van der Waals surface area contributed by atoms with Crippen molar-refractivity contribution in [1.82, 2.24) is 5.32 Å². The van der Waals surface area contributed by atoms with E-state index >= 15 is 0 Å². The van der Waals surface area contributed by atoms with Gasteiger partial charge >= 0.3 is 5.97 Å². The first-order chi connectivity index (χ1) is 5.04. The van der Waals surface area contributed by atoms with Gasteiger partial charge in [0.05, 0.1) is 5.41 Å². The zero-order valence-corrected chi connectivity index (χ0v) is 7.05. The highest BCUT2D eigenvalue weighted by molar-refractivity contribution is 5.74. The Balaban J connectivity index is 2.63. The molecule has 1 aliphatic heterocycles. The van der Waals surface area contributed by atoms with Gasteiger partial charge in [-0.2, -0.15) is 0 Å². The third kappa shape index (κ3) is 1.71. The lowest BCUT2D eigenvalue weighted by Crippen LogP contribution is -2.46. The van der Waals surface area contributed by atoms with Crippen molar-refractivity contribution in [2.75, 3.05) is 13.1 Å². The second kappa shape index (κ2) is 2.81. The van der Waals surface area contributed by atoms with Crippen LogP contribution in [0, 0.1) is 11.3 Å². The minimum Gasteiger partial charge on any atom is -0.481 e. The molecule has 0 aromatic rings. The molecule has 0 spiro atoms. The van der Waals surface area contributed by atoms with Crippen molar-refractivity contribution in [1.29, 1.82) is 0 Å². The highest BCUT2D eigenvalue weighted by Gasteiger charge is 2.36. The third-order valence-corrected chi connectivity index (χ3v) is 2.32. The quantitative estimate of drug-likeness (QED) is 0.589. The molecule has 2 N–H and O–H groups in total. The van der Waals surface area contributed by atoms with Gasteiger partial charge in [-0.1, -0.05) is 6.92 Å². The van der Waals surface area contributed by atoms with Crippen LogP contribution < -0.4 is 5.32 Å². The van der Waals surface area contributed by atoms with E-state index in [1.807, 2.05) is 0 Å². The maximum atomic E-state index is 10.8. The van der Waals surface area contributed by atoms with E-state index in [1.54, 1.807) is 6.92 Å². The molecule has 0 aromatic carbocycles. The number of hydrogen-bond donors (Lipinski definition) is 2. The van der Waals surface area contributed by atoms with Crippen molar-refractivity contribution in [2.24, 2.45) is 11.3 Å². The molecule has 0 bridgehead atoms. The number of hydrogen-bond acceptors (Lipinski definition) is 2. The highest BCUT2D eigenvalue weighted by atomic mass is 16.4. The van der Waals surface area contributed by atoms with E-state index in [0.717, 1.165) is 13.0 Å². The Morgan fingerprint density at radius 2 is 2.36 bits per heavy atom. The summed E-state index contributed by atoms with van der Waals surface area (Å²) in [7, 11) is 0. The first-order valence-corrected chi connectivity index (χ1v) is 3.99. The number of rotatable bonds is 1. The fourth-order valence-electron chi connectivity index (χ4n) is 1.67. The summed E-state index contributed by atoms with van der Waals surface area (Å²) < 4.78 is 0. The first-order valence-electron chi connectivity index (χ1n) is 3.99. The summed E-state index contributed by atoms with van der Waals surface area (Å²) in [5, 5.41) is 12.0. The standard InChI is InChI=1S/C8H15NO2/c1-6-3-8(2,7(10)11)5-9-4-6/h6,9H,3-5H2,1-2H3,(H,10,11). The van der Waals surface area contributed by atoms with Crippen molar-refractivity contribution >= 4 is 5.97 Å². The number of carboxylic acids is 1. The van der Waals surface area contributed by atoms with Gasteiger partial charge in [-0.15, -0.1) is 0 Å².